The first kappa shape index (κ1) is 19.5. The number of benzene rings is 1. The first-order valence-electron chi connectivity index (χ1n) is 9.44. The van der Waals surface area contributed by atoms with E-state index in [0.29, 0.717) is 28.1 Å². The molecule has 0 radical (unpaired) electrons. The van der Waals surface area contributed by atoms with Crippen LogP contribution in [-0.4, -0.2) is 24.0 Å². The van der Waals surface area contributed by atoms with Gasteiger partial charge in [-0.25, -0.2) is 0 Å². The molecule has 27 heavy (non-hydrogen) atoms. The molecule has 0 atom stereocenters. The summed E-state index contributed by atoms with van der Waals surface area (Å²) in [7, 11) is 1.55. The fourth-order valence-corrected chi connectivity index (χ4v) is 3.58. The lowest BCUT2D eigenvalue weighted by atomic mass is 10.1. The van der Waals surface area contributed by atoms with Gasteiger partial charge in [0.25, 0.3) is 5.91 Å². The van der Waals surface area contributed by atoms with Gasteiger partial charge in [0.1, 0.15) is 5.75 Å². The summed E-state index contributed by atoms with van der Waals surface area (Å²) in [6.45, 7) is 1.89. The van der Waals surface area contributed by atoms with Crippen molar-refractivity contribution < 1.29 is 9.53 Å². The number of carbonyl (C=O) groups excluding carboxylic acids is 1. The molecule has 0 spiro atoms. The van der Waals surface area contributed by atoms with Crippen molar-refractivity contribution >= 4 is 28.9 Å². The number of methoxy groups -OCH3 is 1. The van der Waals surface area contributed by atoms with Gasteiger partial charge < -0.3 is 15.4 Å². The molecule has 0 aliphatic heterocycles. The Morgan fingerprint density at radius 2 is 1.89 bits per heavy atom. The lowest BCUT2D eigenvalue weighted by Crippen LogP contribution is -2.19. The average molecular weight is 388 g/mol. The standard InChI is InChI=1S/C21H26ClN3O2/c1-14-9-19(20(27-2)11-18(14)22)25-21(26)15-10-17(13-23-12-15)24-16-7-5-3-4-6-8-16/h9-13,16,24H,3-8H2,1-2H3,(H,25,26). The largest absolute Gasteiger partial charge is 0.495 e. The monoisotopic (exact) mass is 387 g/mol. The van der Waals surface area contributed by atoms with E-state index in [0.717, 1.165) is 24.1 Å². The second-order valence-electron chi connectivity index (χ2n) is 7.05. The molecule has 0 saturated heterocycles. The minimum absolute atomic E-state index is 0.230. The minimum atomic E-state index is -0.230. The molecule has 0 unspecified atom stereocenters. The molecule has 1 aliphatic carbocycles. The molecule has 5 nitrogen and oxygen atoms in total. The number of nitrogens with zero attached hydrogens (tertiary/aromatic N) is 1. The number of hydrogen-bond acceptors (Lipinski definition) is 4. The number of rotatable bonds is 5. The molecule has 1 aromatic heterocycles. The van der Waals surface area contributed by atoms with Gasteiger partial charge in [0.15, 0.2) is 0 Å². The lowest BCUT2D eigenvalue weighted by molar-refractivity contribution is 0.102. The molecule has 2 aromatic rings. The fourth-order valence-electron chi connectivity index (χ4n) is 3.43. The quantitative estimate of drug-likeness (QED) is 0.670. The second-order valence-corrected chi connectivity index (χ2v) is 7.46. The highest BCUT2D eigenvalue weighted by Crippen LogP contribution is 2.31. The minimum Gasteiger partial charge on any atom is -0.495 e. The average Bonchev–Trinajstić information content (AvgIpc) is 2.93. The van der Waals surface area contributed by atoms with E-state index < -0.39 is 0 Å². The molecule has 1 fully saturated rings. The van der Waals surface area contributed by atoms with Crippen LogP contribution in [0.1, 0.15) is 54.4 Å². The molecule has 1 aliphatic rings. The Morgan fingerprint density at radius 1 is 1.15 bits per heavy atom. The van der Waals surface area contributed by atoms with Gasteiger partial charge in [0.2, 0.25) is 0 Å². The molecule has 2 N–H and O–H groups in total. The summed E-state index contributed by atoms with van der Waals surface area (Å²) in [5.41, 5.74) is 2.85. The van der Waals surface area contributed by atoms with Crippen LogP contribution in [0, 0.1) is 6.92 Å². The first-order valence-corrected chi connectivity index (χ1v) is 9.81. The van der Waals surface area contributed by atoms with E-state index in [1.807, 2.05) is 13.0 Å². The van der Waals surface area contributed by atoms with Gasteiger partial charge in [0.05, 0.1) is 24.0 Å². The number of anilines is 2. The number of nitrogens with one attached hydrogen (secondary N) is 2. The van der Waals surface area contributed by atoms with Gasteiger partial charge in [-0.15, -0.1) is 0 Å². The normalized spacial score (nSPS) is 15.1. The lowest BCUT2D eigenvalue weighted by Gasteiger charge is -2.18. The van der Waals surface area contributed by atoms with Crippen LogP contribution in [-0.2, 0) is 0 Å². The highest BCUT2D eigenvalue weighted by Gasteiger charge is 2.15. The van der Waals surface area contributed by atoms with E-state index in [1.165, 1.54) is 25.7 Å². The third kappa shape index (κ3) is 5.13. The van der Waals surface area contributed by atoms with E-state index in [2.05, 4.69) is 15.6 Å². The van der Waals surface area contributed by atoms with Crippen LogP contribution in [0.5, 0.6) is 5.75 Å². The van der Waals surface area contributed by atoms with Crippen molar-refractivity contribution in [1.29, 1.82) is 0 Å². The van der Waals surface area contributed by atoms with Gasteiger partial charge in [-0.2, -0.15) is 0 Å². The van der Waals surface area contributed by atoms with E-state index in [-0.39, 0.29) is 5.91 Å². The summed E-state index contributed by atoms with van der Waals surface area (Å²) in [6, 6.07) is 5.81. The summed E-state index contributed by atoms with van der Waals surface area (Å²) in [4.78, 5) is 16.9. The van der Waals surface area contributed by atoms with Crippen LogP contribution >= 0.6 is 11.6 Å². The number of aryl methyl sites for hydroxylation is 1. The molecular weight excluding hydrogens is 362 g/mol. The highest BCUT2D eigenvalue weighted by atomic mass is 35.5. The van der Waals surface area contributed by atoms with Crippen molar-refractivity contribution in [3.63, 3.8) is 0 Å². The fraction of sp³-hybridized carbons (Fsp3) is 0.429. The van der Waals surface area contributed by atoms with Crippen LogP contribution in [0.3, 0.4) is 0 Å². The van der Waals surface area contributed by atoms with E-state index in [1.54, 1.807) is 31.6 Å². The van der Waals surface area contributed by atoms with Crippen LogP contribution in [0.2, 0.25) is 5.02 Å². The maximum absolute atomic E-state index is 12.7. The Balaban J connectivity index is 1.73. The van der Waals surface area contributed by atoms with Gasteiger partial charge in [0, 0.05) is 29.5 Å². The van der Waals surface area contributed by atoms with Gasteiger partial charge in [-0.1, -0.05) is 37.3 Å². The maximum Gasteiger partial charge on any atom is 0.257 e. The maximum atomic E-state index is 12.7. The van der Waals surface area contributed by atoms with Crippen molar-refractivity contribution in [3.8, 4) is 5.75 Å². The van der Waals surface area contributed by atoms with Crippen LogP contribution in [0.15, 0.2) is 30.6 Å². The Hall–Kier alpha value is -2.27. The van der Waals surface area contributed by atoms with Crippen molar-refractivity contribution in [3.05, 3.63) is 46.7 Å². The summed E-state index contributed by atoms with van der Waals surface area (Å²) in [5, 5.41) is 7.03. The van der Waals surface area contributed by atoms with E-state index in [4.69, 9.17) is 16.3 Å². The molecule has 3 rings (SSSR count). The third-order valence-corrected chi connectivity index (χ3v) is 5.36. The first-order chi connectivity index (χ1) is 13.1. The Labute approximate surface area is 165 Å². The zero-order valence-corrected chi connectivity index (χ0v) is 16.6. The van der Waals surface area contributed by atoms with Crippen molar-refractivity contribution in [1.82, 2.24) is 4.98 Å². The molecular formula is C21H26ClN3O2. The number of hydrogen-bond donors (Lipinski definition) is 2. The van der Waals surface area contributed by atoms with Crippen LogP contribution in [0.4, 0.5) is 11.4 Å². The van der Waals surface area contributed by atoms with E-state index in [9.17, 15) is 4.79 Å². The van der Waals surface area contributed by atoms with Crippen LogP contribution in [0.25, 0.3) is 0 Å². The van der Waals surface area contributed by atoms with Crippen LogP contribution < -0.4 is 15.4 Å². The molecule has 144 valence electrons. The zero-order valence-electron chi connectivity index (χ0n) is 15.8. The van der Waals surface area contributed by atoms with E-state index >= 15 is 0 Å². The van der Waals surface area contributed by atoms with Gasteiger partial charge in [-0.05, 0) is 37.5 Å². The second kappa shape index (κ2) is 9.09. The predicted molar refractivity (Wildman–Crippen MR) is 110 cm³/mol. The number of halogens is 1. The molecule has 0 bridgehead atoms. The number of carbonyl (C=O) groups is 1. The number of amides is 1. The summed E-state index contributed by atoms with van der Waals surface area (Å²) in [5.74, 6) is 0.298. The Kier molecular flexibility index (Phi) is 6.56. The summed E-state index contributed by atoms with van der Waals surface area (Å²) in [6.07, 6.45) is 10.8. The molecule has 1 saturated carbocycles. The molecule has 1 amide bonds. The van der Waals surface area contributed by atoms with Crippen molar-refractivity contribution in [2.24, 2.45) is 0 Å². The zero-order chi connectivity index (χ0) is 19.2. The molecule has 1 heterocycles. The summed E-state index contributed by atoms with van der Waals surface area (Å²) >= 11 is 6.13. The smallest absolute Gasteiger partial charge is 0.257 e. The molecule has 1 aromatic carbocycles. The number of pyridine rings is 1. The number of ether oxygens (including phenoxy) is 1. The summed E-state index contributed by atoms with van der Waals surface area (Å²) < 4.78 is 5.33. The van der Waals surface area contributed by atoms with Crippen molar-refractivity contribution in [2.45, 2.75) is 51.5 Å². The third-order valence-electron chi connectivity index (χ3n) is 4.96. The SMILES string of the molecule is COc1cc(Cl)c(C)cc1NC(=O)c1cncc(NC2CCCCCC2)c1. The Morgan fingerprint density at radius 3 is 2.59 bits per heavy atom. The van der Waals surface area contributed by atoms with Gasteiger partial charge >= 0.3 is 0 Å². The Bertz CT molecular complexity index is 802. The molecule has 6 heteroatoms. The number of aromatic nitrogens is 1. The highest BCUT2D eigenvalue weighted by molar-refractivity contribution is 6.31. The van der Waals surface area contributed by atoms with Crippen molar-refractivity contribution in [2.75, 3.05) is 17.7 Å². The topological polar surface area (TPSA) is 63.2 Å². The predicted octanol–water partition coefficient (Wildman–Crippen LogP) is 5.44. The van der Waals surface area contributed by atoms with Gasteiger partial charge in [-0.3, -0.25) is 9.78 Å².